The predicted octanol–water partition coefficient (Wildman–Crippen LogP) is -0.478. The topological polar surface area (TPSA) is 132 Å². The van der Waals surface area contributed by atoms with Crippen LogP contribution in [0.15, 0.2) is 0 Å². The van der Waals surface area contributed by atoms with Crippen LogP contribution in [0.5, 0.6) is 0 Å². The molecule has 0 aromatic carbocycles. The zero-order valence-electron chi connectivity index (χ0n) is 3.84. The van der Waals surface area contributed by atoms with Crippen molar-refractivity contribution >= 4 is 0 Å². The average Bonchev–Trinajstić information content (AvgIpc) is 1.25. The summed E-state index contributed by atoms with van der Waals surface area (Å²) in [4.78, 5) is 16.5. The van der Waals surface area contributed by atoms with Gasteiger partial charge in [0.05, 0.1) is 10.2 Å². The summed E-state index contributed by atoms with van der Waals surface area (Å²) in [6.45, 7) is 0. The monoisotopic (exact) mass is 356 g/mol. The van der Waals surface area contributed by atoms with Crippen LogP contribution in [0.1, 0.15) is 0 Å². The molecule has 50 valence electrons. The molecule has 0 rings (SSSR count). The Hall–Kier alpha value is -0.275. The first-order valence-corrected chi connectivity index (χ1v) is 1.10. The van der Waals surface area contributed by atoms with Gasteiger partial charge in [0, 0.05) is 0 Å². The molecular formula is N2O6Th. The van der Waals surface area contributed by atoms with Crippen LogP contribution in [0.25, 0.3) is 0 Å². The van der Waals surface area contributed by atoms with E-state index in [0.717, 1.165) is 0 Å². The molecule has 0 fully saturated rings. The summed E-state index contributed by atoms with van der Waals surface area (Å²) in [5, 5.41) is 29.5. The zero-order chi connectivity index (χ0) is 7.15. The van der Waals surface area contributed by atoms with E-state index in [2.05, 4.69) is 0 Å². The maximum Gasteiger partial charge on any atom is 2.00 e. The molecule has 0 aliphatic carbocycles. The summed E-state index contributed by atoms with van der Waals surface area (Å²) in [5.41, 5.74) is 0. The summed E-state index contributed by atoms with van der Waals surface area (Å²) in [7, 11) is 0. The molecule has 0 aromatic heterocycles. The minimum absolute atomic E-state index is 0. The van der Waals surface area contributed by atoms with E-state index in [1.54, 1.807) is 0 Å². The van der Waals surface area contributed by atoms with Gasteiger partial charge >= 0.3 is 39.9 Å². The van der Waals surface area contributed by atoms with Gasteiger partial charge in [-0.05, 0) is 0 Å². The molecule has 0 aliphatic heterocycles. The Balaban J connectivity index is -0.0000000720. The molecule has 0 heterocycles. The maximum atomic E-state index is 8.25. The first-order valence-electron chi connectivity index (χ1n) is 1.10. The van der Waals surface area contributed by atoms with Crippen LogP contribution < -0.4 is 0 Å². The van der Waals surface area contributed by atoms with Crippen molar-refractivity contribution in [2.24, 2.45) is 0 Å². The van der Waals surface area contributed by atoms with Gasteiger partial charge in [0.25, 0.3) is 0 Å². The van der Waals surface area contributed by atoms with Crippen LogP contribution in [-0.2, 0) is 0 Å². The predicted molar refractivity (Wildman–Crippen MR) is 20.7 cm³/mol. The Bertz CT molecular complexity index is 69.1. The van der Waals surface area contributed by atoms with E-state index < -0.39 is 10.2 Å². The molecule has 8 nitrogen and oxygen atoms in total. The fraction of sp³-hybridized carbons (Fsp3) is 0. The first kappa shape index (κ1) is 15.9. The second-order valence-electron chi connectivity index (χ2n) is 0.447. The van der Waals surface area contributed by atoms with E-state index in [1.165, 1.54) is 0 Å². The molecule has 0 saturated heterocycles. The van der Waals surface area contributed by atoms with Crippen molar-refractivity contribution in [3.8, 4) is 0 Å². The fourth-order valence-corrected chi connectivity index (χ4v) is 0. The smallest absolute Gasteiger partial charge is 0.356 e. The number of nitrogens with zero attached hydrogens (tertiary/aromatic N) is 2. The van der Waals surface area contributed by atoms with Crippen LogP contribution in [0.2, 0.25) is 0 Å². The number of rotatable bonds is 0. The Labute approximate surface area is 80.4 Å². The molecule has 0 unspecified atom stereocenters. The Morgan fingerprint density at radius 2 is 0.778 bits per heavy atom. The third-order valence-electron chi connectivity index (χ3n) is 0. The minimum atomic E-state index is -1.75. The van der Waals surface area contributed by atoms with Gasteiger partial charge in [0.1, 0.15) is 0 Å². The summed E-state index contributed by atoms with van der Waals surface area (Å²) in [5.74, 6) is 0. The summed E-state index contributed by atoms with van der Waals surface area (Å²) >= 11 is 0. The quantitative estimate of drug-likeness (QED) is 0.425. The van der Waals surface area contributed by atoms with E-state index in [9.17, 15) is 0 Å². The van der Waals surface area contributed by atoms with Crippen LogP contribution in [0.4, 0.5) is 0 Å². The first-order chi connectivity index (χ1) is 3.46. The van der Waals surface area contributed by atoms with Gasteiger partial charge in [-0.25, -0.2) is 0 Å². The Morgan fingerprint density at radius 1 is 0.778 bits per heavy atom. The van der Waals surface area contributed by atoms with Crippen LogP contribution in [-0.4, -0.2) is 10.2 Å². The van der Waals surface area contributed by atoms with E-state index in [4.69, 9.17) is 30.6 Å². The molecular weight excluding hydrogens is 356 g/mol. The second kappa shape index (κ2) is 10.7. The summed E-state index contributed by atoms with van der Waals surface area (Å²) < 4.78 is 0. The minimum Gasteiger partial charge on any atom is -0.356 e. The molecule has 0 amide bonds. The van der Waals surface area contributed by atoms with Gasteiger partial charge in [-0.1, -0.05) is 0 Å². The van der Waals surface area contributed by atoms with Crippen molar-refractivity contribution in [2.75, 3.05) is 0 Å². The van der Waals surface area contributed by atoms with Crippen molar-refractivity contribution in [3.63, 3.8) is 0 Å². The molecule has 0 spiro atoms. The largest absolute Gasteiger partial charge is 2.00 e. The molecule has 0 atom stereocenters. The SMILES string of the molecule is O=[N+]([O-])[O-].O=[N+]([O-])[O-].[Th+2]. The van der Waals surface area contributed by atoms with E-state index in [1.807, 2.05) is 0 Å². The fourth-order valence-electron chi connectivity index (χ4n) is 0. The Kier molecular flexibility index (Phi) is 18.8. The molecule has 0 N–H and O–H groups in total. The molecule has 0 radical (unpaired) electrons. The van der Waals surface area contributed by atoms with Gasteiger partial charge in [0.15, 0.2) is 0 Å². The molecule has 0 saturated carbocycles. The van der Waals surface area contributed by atoms with Gasteiger partial charge in [-0.3, -0.25) is 0 Å². The molecule has 9 heavy (non-hydrogen) atoms. The van der Waals surface area contributed by atoms with Crippen LogP contribution >= 0.6 is 0 Å². The maximum absolute atomic E-state index is 8.25. The van der Waals surface area contributed by atoms with Crippen molar-refractivity contribution < 1.29 is 50.1 Å². The van der Waals surface area contributed by atoms with E-state index >= 15 is 0 Å². The molecule has 9 heteroatoms. The summed E-state index contributed by atoms with van der Waals surface area (Å²) in [6.07, 6.45) is 0. The van der Waals surface area contributed by atoms with E-state index in [-0.39, 0.29) is 39.9 Å². The van der Waals surface area contributed by atoms with Gasteiger partial charge < -0.3 is 30.6 Å². The Morgan fingerprint density at radius 3 is 0.778 bits per heavy atom. The van der Waals surface area contributed by atoms with Crippen molar-refractivity contribution in [1.82, 2.24) is 0 Å². The van der Waals surface area contributed by atoms with Crippen molar-refractivity contribution in [2.45, 2.75) is 0 Å². The third kappa shape index (κ3) is 3340. The normalized spacial score (nSPS) is 5.33. The van der Waals surface area contributed by atoms with Gasteiger partial charge in [0.2, 0.25) is 0 Å². The van der Waals surface area contributed by atoms with Crippen LogP contribution in [0, 0.1) is 70.6 Å². The van der Waals surface area contributed by atoms with Crippen molar-refractivity contribution in [3.05, 3.63) is 30.6 Å². The van der Waals surface area contributed by atoms with Crippen molar-refractivity contribution in [1.29, 1.82) is 0 Å². The van der Waals surface area contributed by atoms with E-state index in [0.29, 0.717) is 0 Å². The van der Waals surface area contributed by atoms with Gasteiger partial charge in [-0.15, -0.1) is 0 Å². The average molecular weight is 356 g/mol. The summed E-state index contributed by atoms with van der Waals surface area (Å²) in [6, 6.07) is 0. The zero-order valence-corrected chi connectivity index (χ0v) is 7.95. The molecule has 0 aliphatic rings. The standard InChI is InChI=1S/2NO3.Th/c2*2-1(3)4;/q2*-1;+2. The third-order valence-corrected chi connectivity index (χ3v) is 0. The molecule has 0 aromatic rings. The number of hydrogen-bond donors (Lipinski definition) is 0. The van der Waals surface area contributed by atoms with Gasteiger partial charge in [-0.2, -0.15) is 0 Å². The number of hydrogen-bond acceptors (Lipinski definition) is 6. The van der Waals surface area contributed by atoms with Crippen LogP contribution in [0.3, 0.4) is 0 Å². The second-order valence-corrected chi connectivity index (χ2v) is 0.447. The molecule has 0 bridgehead atoms.